The summed E-state index contributed by atoms with van der Waals surface area (Å²) in [5.74, 6) is 0.459. The largest absolute Gasteiger partial charge is 0.396 e. The zero-order valence-corrected chi connectivity index (χ0v) is 8.78. The summed E-state index contributed by atoms with van der Waals surface area (Å²) in [4.78, 5) is 0. The lowest BCUT2D eigenvalue weighted by atomic mass is 9.74. The monoisotopic (exact) mass is 193 g/mol. The smallest absolute Gasteiger partial charge is 0.0476 e. The molecule has 2 nitrogen and oxygen atoms in total. The molecule has 0 aromatic carbocycles. The quantitative estimate of drug-likeness (QED) is 0.698. The minimum Gasteiger partial charge on any atom is -0.396 e. The van der Waals surface area contributed by atoms with Crippen molar-refractivity contribution in [3.05, 3.63) is 0 Å². The van der Waals surface area contributed by atoms with E-state index < -0.39 is 0 Å². The van der Waals surface area contributed by atoms with Crippen LogP contribution in [-0.4, -0.2) is 24.3 Å². The molecule has 1 fully saturated rings. The van der Waals surface area contributed by atoms with Gasteiger partial charge < -0.3 is 10.4 Å². The van der Waals surface area contributed by atoms with Gasteiger partial charge in [-0.3, -0.25) is 0 Å². The highest BCUT2D eigenvalue weighted by Crippen LogP contribution is 2.32. The Morgan fingerprint density at radius 3 is 2.58 bits per heavy atom. The van der Waals surface area contributed by atoms with Crippen molar-refractivity contribution in [2.75, 3.05) is 13.7 Å². The van der Waals surface area contributed by atoms with Gasteiger partial charge in [-0.2, -0.15) is 0 Å². The molecule has 0 saturated heterocycles. The summed E-state index contributed by atoms with van der Waals surface area (Å²) in [6.45, 7) is 2.55. The SMILES string of the molecule is CN[C@@]1(C)CCCCC1CO.Cl. The van der Waals surface area contributed by atoms with E-state index >= 15 is 0 Å². The van der Waals surface area contributed by atoms with Crippen LogP contribution >= 0.6 is 12.4 Å². The Labute approximate surface area is 81.2 Å². The maximum absolute atomic E-state index is 9.12. The Morgan fingerprint density at radius 1 is 1.50 bits per heavy atom. The third-order valence-electron chi connectivity index (χ3n) is 3.19. The molecular formula is C9H20ClNO. The van der Waals surface area contributed by atoms with E-state index in [2.05, 4.69) is 12.2 Å². The zero-order valence-electron chi connectivity index (χ0n) is 7.97. The third-order valence-corrected chi connectivity index (χ3v) is 3.19. The van der Waals surface area contributed by atoms with E-state index in [1.807, 2.05) is 7.05 Å². The van der Waals surface area contributed by atoms with Crippen molar-refractivity contribution in [3.8, 4) is 0 Å². The maximum Gasteiger partial charge on any atom is 0.0476 e. The van der Waals surface area contributed by atoms with Crippen molar-refractivity contribution in [2.24, 2.45) is 5.92 Å². The Balaban J connectivity index is 0.00000121. The number of hydrogen-bond acceptors (Lipinski definition) is 2. The van der Waals surface area contributed by atoms with Crippen LogP contribution in [0.3, 0.4) is 0 Å². The van der Waals surface area contributed by atoms with E-state index in [1.54, 1.807) is 0 Å². The van der Waals surface area contributed by atoms with E-state index in [9.17, 15) is 0 Å². The van der Waals surface area contributed by atoms with Crippen molar-refractivity contribution in [1.29, 1.82) is 0 Å². The van der Waals surface area contributed by atoms with Crippen molar-refractivity contribution in [1.82, 2.24) is 5.32 Å². The van der Waals surface area contributed by atoms with Gasteiger partial charge in [0.2, 0.25) is 0 Å². The van der Waals surface area contributed by atoms with Gasteiger partial charge >= 0.3 is 0 Å². The van der Waals surface area contributed by atoms with Crippen LogP contribution in [0, 0.1) is 5.92 Å². The molecule has 0 aromatic heterocycles. The molecule has 1 aliphatic rings. The first-order valence-electron chi connectivity index (χ1n) is 4.52. The highest BCUT2D eigenvalue weighted by atomic mass is 35.5. The van der Waals surface area contributed by atoms with Gasteiger partial charge in [-0.1, -0.05) is 12.8 Å². The predicted octanol–water partition coefficient (Wildman–Crippen LogP) is 1.57. The Hall–Kier alpha value is 0.210. The molecule has 1 unspecified atom stereocenters. The van der Waals surface area contributed by atoms with E-state index in [-0.39, 0.29) is 17.9 Å². The summed E-state index contributed by atoms with van der Waals surface area (Å²) < 4.78 is 0. The number of hydrogen-bond donors (Lipinski definition) is 2. The molecule has 1 rings (SSSR count). The molecule has 0 radical (unpaired) electrons. The molecule has 3 heteroatoms. The summed E-state index contributed by atoms with van der Waals surface area (Å²) in [7, 11) is 1.99. The molecule has 1 saturated carbocycles. The first-order valence-corrected chi connectivity index (χ1v) is 4.52. The van der Waals surface area contributed by atoms with Crippen molar-refractivity contribution >= 4 is 12.4 Å². The molecule has 0 bridgehead atoms. The summed E-state index contributed by atoms with van der Waals surface area (Å²) >= 11 is 0. The van der Waals surface area contributed by atoms with Gasteiger partial charge in [0.05, 0.1) is 0 Å². The minimum absolute atomic E-state index is 0. The molecule has 0 spiro atoms. The average molecular weight is 194 g/mol. The summed E-state index contributed by atoms with van der Waals surface area (Å²) in [5.41, 5.74) is 0.188. The second-order valence-corrected chi connectivity index (χ2v) is 3.79. The van der Waals surface area contributed by atoms with Crippen molar-refractivity contribution in [2.45, 2.75) is 38.1 Å². The molecular weight excluding hydrogens is 174 g/mol. The topological polar surface area (TPSA) is 32.3 Å². The fourth-order valence-electron chi connectivity index (χ4n) is 2.03. The van der Waals surface area contributed by atoms with Gasteiger partial charge in [0.1, 0.15) is 0 Å². The van der Waals surface area contributed by atoms with Crippen LogP contribution in [0.4, 0.5) is 0 Å². The molecule has 0 aliphatic heterocycles. The predicted molar refractivity (Wildman–Crippen MR) is 53.8 cm³/mol. The Morgan fingerprint density at radius 2 is 2.17 bits per heavy atom. The molecule has 2 N–H and O–H groups in total. The Kier molecular flexibility index (Phi) is 5.14. The zero-order chi connectivity index (χ0) is 8.32. The van der Waals surface area contributed by atoms with E-state index in [1.165, 1.54) is 25.7 Å². The van der Waals surface area contributed by atoms with Crippen LogP contribution in [0.25, 0.3) is 0 Å². The van der Waals surface area contributed by atoms with Crippen LogP contribution in [0.1, 0.15) is 32.6 Å². The van der Waals surface area contributed by atoms with Gasteiger partial charge in [-0.15, -0.1) is 12.4 Å². The third kappa shape index (κ3) is 2.35. The van der Waals surface area contributed by atoms with Crippen LogP contribution in [0.5, 0.6) is 0 Å². The maximum atomic E-state index is 9.12. The normalized spacial score (nSPS) is 35.8. The number of aliphatic hydroxyl groups is 1. The van der Waals surface area contributed by atoms with Gasteiger partial charge in [-0.25, -0.2) is 0 Å². The number of rotatable bonds is 2. The summed E-state index contributed by atoms with van der Waals surface area (Å²) in [6.07, 6.45) is 4.96. The lowest BCUT2D eigenvalue weighted by molar-refractivity contribution is 0.0989. The van der Waals surface area contributed by atoms with E-state index in [0.29, 0.717) is 12.5 Å². The highest BCUT2D eigenvalue weighted by Gasteiger charge is 2.34. The van der Waals surface area contributed by atoms with Crippen LogP contribution in [0.2, 0.25) is 0 Å². The first kappa shape index (κ1) is 12.2. The van der Waals surface area contributed by atoms with Crippen molar-refractivity contribution in [3.63, 3.8) is 0 Å². The fraction of sp³-hybridized carbons (Fsp3) is 1.00. The number of aliphatic hydroxyl groups excluding tert-OH is 1. The molecule has 1 aliphatic carbocycles. The second-order valence-electron chi connectivity index (χ2n) is 3.79. The Bertz CT molecular complexity index is 132. The van der Waals surface area contributed by atoms with Crippen LogP contribution < -0.4 is 5.32 Å². The van der Waals surface area contributed by atoms with Crippen LogP contribution in [0.15, 0.2) is 0 Å². The molecule has 2 atom stereocenters. The number of nitrogens with one attached hydrogen (secondary N) is 1. The summed E-state index contributed by atoms with van der Waals surface area (Å²) in [6, 6.07) is 0. The first-order chi connectivity index (χ1) is 5.23. The highest BCUT2D eigenvalue weighted by molar-refractivity contribution is 5.85. The van der Waals surface area contributed by atoms with Crippen LogP contribution in [-0.2, 0) is 0 Å². The second kappa shape index (κ2) is 5.05. The fourth-order valence-corrected chi connectivity index (χ4v) is 2.03. The standard InChI is InChI=1S/C9H19NO.ClH/c1-9(10-2)6-4-3-5-8(9)7-11;/h8,10-11H,3-7H2,1-2H3;1H/t8?,9-;/m0./s1. The van der Waals surface area contributed by atoms with Gasteiger partial charge in [0, 0.05) is 12.1 Å². The minimum atomic E-state index is 0. The van der Waals surface area contributed by atoms with Gasteiger partial charge in [0.25, 0.3) is 0 Å². The van der Waals surface area contributed by atoms with Gasteiger partial charge in [-0.05, 0) is 32.7 Å². The average Bonchev–Trinajstić information content (AvgIpc) is 2.05. The molecule has 12 heavy (non-hydrogen) atoms. The summed E-state index contributed by atoms with van der Waals surface area (Å²) in [5, 5.41) is 12.4. The lowest BCUT2D eigenvalue weighted by Crippen LogP contribution is -2.50. The number of halogens is 1. The van der Waals surface area contributed by atoms with E-state index in [4.69, 9.17) is 5.11 Å². The van der Waals surface area contributed by atoms with Gasteiger partial charge in [0.15, 0.2) is 0 Å². The molecule has 0 amide bonds. The molecule has 74 valence electrons. The lowest BCUT2D eigenvalue weighted by Gasteiger charge is -2.40. The van der Waals surface area contributed by atoms with E-state index in [0.717, 1.165) is 0 Å². The van der Waals surface area contributed by atoms with Crippen molar-refractivity contribution < 1.29 is 5.11 Å². The molecule has 0 aromatic rings. The molecule has 0 heterocycles.